The highest BCUT2D eigenvalue weighted by molar-refractivity contribution is 5.88. The summed E-state index contributed by atoms with van der Waals surface area (Å²) >= 11 is 0. The number of aromatic nitrogens is 2. The van der Waals surface area contributed by atoms with Crippen molar-refractivity contribution in [2.75, 3.05) is 5.32 Å². The van der Waals surface area contributed by atoms with Gasteiger partial charge in [-0.1, -0.05) is 5.16 Å². The summed E-state index contributed by atoms with van der Waals surface area (Å²) in [5.74, 6) is -0.491. The Morgan fingerprint density at radius 2 is 2.38 bits per heavy atom. The molecule has 0 fully saturated rings. The third-order valence-corrected chi connectivity index (χ3v) is 1.95. The molecule has 0 saturated heterocycles. The van der Waals surface area contributed by atoms with Crippen LogP contribution in [0.4, 0.5) is 5.82 Å². The van der Waals surface area contributed by atoms with Gasteiger partial charge >= 0.3 is 5.97 Å². The maximum Gasteiger partial charge on any atom is 0.335 e. The fraction of sp³-hybridized carbons (Fsp3) is 0.100. The van der Waals surface area contributed by atoms with Gasteiger partial charge in [0.2, 0.25) is 0 Å². The van der Waals surface area contributed by atoms with Gasteiger partial charge in [0.15, 0.2) is 0 Å². The van der Waals surface area contributed by atoms with Crippen molar-refractivity contribution < 1.29 is 14.4 Å². The van der Waals surface area contributed by atoms with E-state index in [1.165, 1.54) is 24.6 Å². The number of nitrogens with zero attached hydrogens (tertiary/aromatic N) is 2. The van der Waals surface area contributed by atoms with Gasteiger partial charge in [0.25, 0.3) is 0 Å². The van der Waals surface area contributed by atoms with E-state index in [1.807, 2.05) is 0 Å². The Morgan fingerprint density at radius 1 is 1.50 bits per heavy atom. The Bertz CT molecular complexity index is 482. The van der Waals surface area contributed by atoms with Crippen LogP contribution in [-0.2, 0) is 6.54 Å². The molecule has 2 N–H and O–H groups in total. The summed E-state index contributed by atoms with van der Waals surface area (Å²) in [5.41, 5.74) is 0.917. The van der Waals surface area contributed by atoms with E-state index >= 15 is 0 Å². The lowest BCUT2D eigenvalue weighted by Crippen LogP contribution is -2.03. The second-order valence-electron chi connectivity index (χ2n) is 3.08. The molecule has 6 nitrogen and oxygen atoms in total. The van der Waals surface area contributed by atoms with Crippen LogP contribution in [-0.4, -0.2) is 21.2 Å². The molecule has 0 bridgehead atoms. The van der Waals surface area contributed by atoms with Crippen molar-refractivity contribution in [3.05, 3.63) is 41.9 Å². The van der Waals surface area contributed by atoms with Crippen molar-refractivity contribution in [1.82, 2.24) is 10.1 Å². The molecule has 0 aromatic carbocycles. The molecule has 0 spiro atoms. The van der Waals surface area contributed by atoms with Gasteiger partial charge in [-0.15, -0.1) is 0 Å². The van der Waals surface area contributed by atoms with Crippen molar-refractivity contribution in [2.24, 2.45) is 0 Å². The van der Waals surface area contributed by atoms with E-state index in [0.29, 0.717) is 12.4 Å². The maximum atomic E-state index is 10.7. The van der Waals surface area contributed by atoms with Crippen molar-refractivity contribution in [2.45, 2.75) is 6.54 Å². The largest absolute Gasteiger partial charge is 0.478 e. The summed E-state index contributed by atoms with van der Waals surface area (Å²) in [7, 11) is 0. The Hall–Kier alpha value is -2.37. The highest BCUT2D eigenvalue weighted by Gasteiger charge is 2.04. The van der Waals surface area contributed by atoms with E-state index in [9.17, 15) is 4.79 Å². The lowest BCUT2D eigenvalue weighted by molar-refractivity contribution is 0.0697. The van der Waals surface area contributed by atoms with Crippen LogP contribution in [0.1, 0.15) is 16.1 Å². The third-order valence-electron chi connectivity index (χ3n) is 1.95. The number of anilines is 1. The number of rotatable bonds is 4. The van der Waals surface area contributed by atoms with Crippen LogP contribution in [0.15, 0.2) is 35.2 Å². The summed E-state index contributed by atoms with van der Waals surface area (Å²) in [4.78, 5) is 14.7. The van der Waals surface area contributed by atoms with E-state index in [-0.39, 0.29) is 5.56 Å². The minimum Gasteiger partial charge on any atom is -0.478 e. The summed E-state index contributed by atoms with van der Waals surface area (Å²) < 4.78 is 4.66. The van der Waals surface area contributed by atoms with Crippen molar-refractivity contribution in [3.8, 4) is 0 Å². The SMILES string of the molecule is O=C(O)c1ccnc(NCc2ccon2)c1. The van der Waals surface area contributed by atoms with Gasteiger partial charge in [0.1, 0.15) is 17.8 Å². The van der Waals surface area contributed by atoms with Crippen LogP contribution in [0.25, 0.3) is 0 Å². The van der Waals surface area contributed by atoms with E-state index in [4.69, 9.17) is 5.11 Å². The maximum absolute atomic E-state index is 10.7. The normalized spacial score (nSPS) is 10.0. The van der Waals surface area contributed by atoms with Crippen LogP contribution < -0.4 is 5.32 Å². The Labute approximate surface area is 90.9 Å². The number of carboxylic acids is 1. The number of hydrogen-bond donors (Lipinski definition) is 2. The summed E-state index contributed by atoms with van der Waals surface area (Å²) in [6, 6.07) is 4.61. The van der Waals surface area contributed by atoms with E-state index in [0.717, 1.165) is 5.69 Å². The first-order chi connectivity index (χ1) is 7.75. The molecule has 0 aliphatic heterocycles. The lowest BCUT2D eigenvalue weighted by Gasteiger charge is -2.03. The minimum absolute atomic E-state index is 0.192. The molecule has 0 saturated carbocycles. The molecule has 82 valence electrons. The number of carbonyl (C=O) groups is 1. The van der Waals surface area contributed by atoms with Gasteiger partial charge < -0.3 is 14.9 Å². The zero-order valence-electron chi connectivity index (χ0n) is 8.25. The van der Waals surface area contributed by atoms with Crippen LogP contribution in [0.5, 0.6) is 0 Å². The molecule has 0 aliphatic rings. The fourth-order valence-electron chi connectivity index (χ4n) is 1.17. The fourth-order valence-corrected chi connectivity index (χ4v) is 1.17. The smallest absolute Gasteiger partial charge is 0.335 e. The summed E-state index contributed by atoms with van der Waals surface area (Å²) in [6.07, 6.45) is 2.91. The van der Waals surface area contributed by atoms with Crippen molar-refractivity contribution in [3.63, 3.8) is 0 Å². The Balaban J connectivity index is 2.04. The highest BCUT2D eigenvalue weighted by atomic mass is 16.5. The molecule has 0 unspecified atom stereocenters. The van der Waals surface area contributed by atoms with Gasteiger partial charge in [-0.25, -0.2) is 9.78 Å². The average molecular weight is 219 g/mol. The lowest BCUT2D eigenvalue weighted by atomic mass is 10.2. The molecule has 0 aliphatic carbocycles. The van der Waals surface area contributed by atoms with Crippen LogP contribution in [0.2, 0.25) is 0 Å². The molecule has 2 heterocycles. The van der Waals surface area contributed by atoms with E-state index < -0.39 is 5.97 Å². The van der Waals surface area contributed by atoms with Gasteiger partial charge in [-0.05, 0) is 12.1 Å². The van der Waals surface area contributed by atoms with Crippen LogP contribution in [0.3, 0.4) is 0 Å². The quantitative estimate of drug-likeness (QED) is 0.807. The van der Waals surface area contributed by atoms with Gasteiger partial charge in [0, 0.05) is 12.3 Å². The molecule has 0 amide bonds. The first kappa shape index (κ1) is 10.2. The predicted octanol–water partition coefficient (Wildman–Crippen LogP) is 1.38. The predicted molar refractivity (Wildman–Crippen MR) is 55.0 cm³/mol. The van der Waals surface area contributed by atoms with Gasteiger partial charge in [0.05, 0.1) is 12.1 Å². The first-order valence-corrected chi connectivity index (χ1v) is 4.58. The highest BCUT2D eigenvalue weighted by Crippen LogP contribution is 2.08. The topological polar surface area (TPSA) is 88.2 Å². The average Bonchev–Trinajstić information content (AvgIpc) is 2.79. The first-order valence-electron chi connectivity index (χ1n) is 4.58. The zero-order chi connectivity index (χ0) is 11.4. The van der Waals surface area contributed by atoms with Gasteiger partial charge in [-0.2, -0.15) is 0 Å². The second kappa shape index (κ2) is 4.43. The third kappa shape index (κ3) is 2.35. The van der Waals surface area contributed by atoms with Gasteiger partial charge in [-0.3, -0.25) is 0 Å². The molecular weight excluding hydrogens is 210 g/mol. The zero-order valence-corrected chi connectivity index (χ0v) is 8.25. The number of nitrogens with one attached hydrogen (secondary N) is 1. The monoisotopic (exact) mass is 219 g/mol. The molecule has 16 heavy (non-hydrogen) atoms. The Kier molecular flexibility index (Phi) is 2.81. The number of aromatic carboxylic acids is 1. The number of carboxylic acid groups (broad SMARTS) is 1. The van der Waals surface area contributed by atoms with E-state index in [1.54, 1.807) is 6.07 Å². The van der Waals surface area contributed by atoms with Crippen molar-refractivity contribution in [1.29, 1.82) is 0 Å². The van der Waals surface area contributed by atoms with Crippen LogP contribution >= 0.6 is 0 Å². The molecule has 0 radical (unpaired) electrons. The molecule has 2 rings (SSSR count). The second-order valence-corrected chi connectivity index (χ2v) is 3.08. The van der Waals surface area contributed by atoms with Crippen molar-refractivity contribution >= 4 is 11.8 Å². The number of hydrogen-bond acceptors (Lipinski definition) is 5. The molecule has 2 aromatic heterocycles. The molecule has 2 aromatic rings. The molecular formula is C10H9N3O3. The van der Waals surface area contributed by atoms with E-state index in [2.05, 4.69) is 20.0 Å². The minimum atomic E-state index is -0.980. The molecule has 0 atom stereocenters. The molecule has 6 heteroatoms. The standard InChI is InChI=1S/C10H9N3O3/c14-10(15)7-1-3-11-9(5-7)12-6-8-2-4-16-13-8/h1-5H,6H2,(H,11,12)(H,14,15). The summed E-state index contributed by atoms with van der Waals surface area (Å²) in [6.45, 7) is 0.437. The van der Waals surface area contributed by atoms with Crippen LogP contribution in [0, 0.1) is 0 Å². The summed E-state index contributed by atoms with van der Waals surface area (Å²) in [5, 5.41) is 15.4. The number of pyridine rings is 1. The Morgan fingerprint density at radius 3 is 3.06 bits per heavy atom.